The van der Waals surface area contributed by atoms with Crippen molar-refractivity contribution in [2.45, 2.75) is 26.7 Å². The minimum absolute atomic E-state index is 0.389. The molecule has 0 fully saturated rings. The SMILES string of the molecule is CCC(C)CC([NH])=O. The molecule has 0 saturated carbocycles. The lowest BCUT2D eigenvalue weighted by Crippen LogP contribution is -2.04. The summed E-state index contributed by atoms with van der Waals surface area (Å²) in [5.74, 6) is -0.0562. The lowest BCUT2D eigenvalue weighted by atomic mass is 10.1. The number of nitrogens with one attached hydrogen (secondary N) is 1. The Hall–Kier alpha value is -0.530. The molecule has 47 valence electrons. The van der Waals surface area contributed by atoms with Crippen LogP contribution in [-0.4, -0.2) is 5.91 Å². The van der Waals surface area contributed by atoms with Crippen molar-refractivity contribution < 1.29 is 4.79 Å². The maximum Gasteiger partial charge on any atom is 0.238 e. The van der Waals surface area contributed by atoms with Crippen molar-refractivity contribution in [2.24, 2.45) is 5.92 Å². The molecule has 2 heteroatoms. The monoisotopic (exact) mass is 114 g/mol. The normalized spacial score (nSPS) is 13.2. The van der Waals surface area contributed by atoms with E-state index < -0.39 is 5.91 Å². The second-order valence-electron chi connectivity index (χ2n) is 2.14. The molecule has 0 aliphatic carbocycles. The van der Waals surface area contributed by atoms with Gasteiger partial charge in [-0.25, -0.2) is 0 Å². The molecule has 0 saturated heterocycles. The van der Waals surface area contributed by atoms with Crippen molar-refractivity contribution in [1.29, 1.82) is 0 Å². The van der Waals surface area contributed by atoms with Gasteiger partial charge < -0.3 is 0 Å². The molecule has 1 unspecified atom stereocenters. The molecular weight excluding hydrogens is 102 g/mol. The molecule has 0 aromatic carbocycles. The minimum atomic E-state index is -0.445. The third-order valence-electron chi connectivity index (χ3n) is 1.23. The predicted molar refractivity (Wildman–Crippen MR) is 32.2 cm³/mol. The van der Waals surface area contributed by atoms with Crippen LogP contribution in [0.3, 0.4) is 0 Å². The highest BCUT2D eigenvalue weighted by Gasteiger charge is 2.01. The van der Waals surface area contributed by atoms with Gasteiger partial charge in [-0.05, 0) is 5.92 Å². The molecule has 8 heavy (non-hydrogen) atoms. The standard InChI is InChI=1S/C6H12NO/c1-3-5(2)4-6(7)8/h5,7H,3-4H2,1-2H3. The van der Waals surface area contributed by atoms with E-state index in [0.717, 1.165) is 6.42 Å². The fourth-order valence-corrected chi connectivity index (χ4v) is 0.461. The molecule has 1 radical (unpaired) electrons. The van der Waals surface area contributed by atoms with Gasteiger partial charge in [-0.2, -0.15) is 0 Å². The van der Waals surface area contributed by atoms with E-state index in [1.54, 1.807) is 0 Å². The van der Waals surface area contributed by atoms with E-state index in [2.05, 4.69) is 0 Å². The van der Waals surface area contributed by atoms with Crippen molar-refractivity contribution in [3.8, 4) is 0 Å². The Morgan fingerprint density at radius 3 is 2.38 bits per heavy atom. The van der Waals surface area contributed by atoms with Crippen LogP contribution in [0.4, 0.5) is 0 Å². The van der Waals surface area contributed by atoms with Gasteiger partial charge in [0.1, 0.15) is 0 Å². The zero-order valence-corrected chi connectivity index (χ0v) is 5.40. The molecule has 0 aromatic rings. The maximum atomic E-state index is 10.1. The molecule has 2 nitrogen and oxygen atoms in total. The lowest BCUT2D eigenvalue weighted by molar-refractivity contribution is -0.119. The van der Waals surface area contributed by atoms with Crippen LogP contribution in [0.2, 0.25) is 0 Å². The third-order valence-corrected chi connectivity index (χ3v) is 1.23. The average Bonchev–Trinajstić information content (AvgIpc) is 1.65. The molecule has 0 aliphatic heterocycles. The van der Waals surface area contributed by atoms with Crippen LogP contribution in [0.25, 0.3) is 0 Å². The summed E-state index contributed by atoms with van der Waals surface area (Å²) in [6, 6.07) is 0. The van der Waals surface area contributed by atoms with Crippen LogP contribution in [0.1, 0.15) is 26.7 Å². The highest BCUT2D eigenvalue weighted by Crippen LogP contribution is 2.04. The molecule has 1 amide bonds. The van der Waals surface area contributed by atoms with Crippen LogP contribution in [0.15, 0.2) is 0 Å². The van der Waals surface area contributed by atoms with E-state index in [0.29, 0.717) is 12.3 Å². The molecule has 0 rings (SSSR count). The summed E-state index contributed by atoms with van der Waals surface area (Å²) in [5.41, 5.74) is 6.57. The largest absolute Gasteiger partial charge is 0.273 e. The van der Waals surface area contributed by atoms with Crippen molar-refractivity contribution in [1.82, 2.24) is 5.73 Å². The van der Waals surface area contributed by atoms with E-state index in [1.807, 2.05) is 13.8 Å². The topological polar surface area (TPSA) is 40.9 Å². The van der Waals surface area contributed by atoms with E-state index in [-0.39, 0.29) is 0 Å². The second kappa shape index (κ2) is 3.47. The Morgan fingerprint density at radius 2 is 2.25 bits per heavy atom. The maximum absolute atomic E-state index is 10.1. The van der Waals surface area contributed by atoms with E-state index >= 15 is 0 Å². The summed E-state index contributed by atoms with van der Waals surface area (Å²) in [6.45, 7) is 4.00. The molecule has 0 bridgehead atoms. The smallest absolute Gasteiger partial charge is 0.238 e. The summed E-state index contributed by atoms with van der Waals surface area (Å²) in [4.78, 5) is 10.1. The van der Waals surface area contributed by atoms with Gasteiger partial charge in [0.05, 0.1) is 0 Å². The fourth-order valence-electron chi connectivity index (χ4n) is 0.461. The Bertz CT molecular complexity index is 80.6. The Kier molecular flexibility index (Phi) is 3.24. The van der Waals surface area contributed by atoms with Gasteiger partial charge in [0.15, 0.2) is 0 Å². The molecule has 0 aromatic heterocycles. The van der Waals surface area contributed by atoms with Gasteiger partial charge in [-0.15, -0.1) is 0 Å². The van der Waals surface area contributed by atoms with Crippen molar-refractivity contribution >= 4 is 5.91 Å². The summed E-state index contributed by atoms with van der Waals surface area (Å²) in [7, 11) is 0. The minimum Gasteiger partial charge on any atom is -0.273 e. The van der Waals surface area contributed by atoms with Crippen molar-refractivity contribution in [3.05, 3.63) is 0 Å². The summed E-state index contributed by atoms with van der Waals surface area (Å²) < 4.78 is 0. The van der Waals surface area contributed by atoms with E-state index in [4.69, 9.17) is 5.73 Å². The first-order valence-electron chi connectivity index (χ1n) is 2.91. The number of hydrogen-bond donors (Lipinski definition) is 0. The van der Waals surface area contributed by atoms with Crippen LogP contribution in [0.5, 0.6) is 0 Å². The number of carbonyl (C=O) groups excluding carboxylic acids is 1. The highest BCUT2D eigenvalue weighted by molar-refractivity contribution is 5.73. The first kappa shape index (κ1) is 7.47. The zero-order chi connectivity index (χ0) is 6.57. The Labute approximate surface area is 50.1 Å². The molecule has 0 spiro atoms. The number of hydrogen-bond acceptors (Lipinski definition) is 1. The van der Waals surface area contributed by atoms with Crippen LogP contribution >= 0.6 is 0 Å². The number of rotatable bonds is 3. The Morgan fingerprint density at radius 1 is 1.75 bits per heavy atom. The summed E-state index contributed by atoms with van der Waals surface area (Å²) in [5, 5.41) is 0. The highest BCUT2D eigenvalue weighted by atomic mass is 16.1. The zero-order valence-electron chi connectivity index (χ0n) is 5.40. The predicted octanol–water partition coefficient (Wildman–Crippen LogP) is 1.23. The van der Waals surface area contributed by atoms with Gasteiger partial charge >= 0.3 is 0 Å². The molecule has 1 N–H and O–H groups in total. The van der Waals surface area contributed by atoms with Gasteiger partial charge in [0.2, 0.25) is 5.91 Å². The number of amides is 1. The van der Waals surface area contributed by atoms with Crippen LogP contribution in [0, 0.1) is 5.92 Å². The van der Waals surface area contributed by atoms with E-state index in [1.165, 1.54) is 0 Å². The average molecular weight is 114 g/mol. The number of carbonyl (C=O) groups is 1. The molecule has 0 heterocycles. The summed E-state index contributed by atoms with van der Waals surface area (Å²) in [6.07, 6.45) is 1.40. The van der Waals surface area contributed by atoms with Gasteiger partial charge in [0.25, 0.3) is 0 Å². The molecule has 1 atom stereocenters. The van der Waals surface area contributed by atoms with Gasteiger partial charge in [-0.3, -0.25) is 10.5 Å². The quantitative estimate of drug-likeness (QED) is 0.544. The van der Waals surface area contributed by atoms with Crippen LogP contribution in [-0.2, 0) is 4.79 Å². The van der Waals surface area contributed by atoms with Crippen molar-refractivity contribution in [2.75, 3.05) is 0 Å². The molecular formula is C6H12NO. The first-order chi connectivity index (χ1) is 3.66. The molecule has 0 aliphatic rings. The van der Waals surface area contributed by atoms with Gasteiger partial charge in [-0.1, -0.05) is 20.3 Å². The second-order valence-corrected chi connectivity index (χ2v) is 2.14. The van der Waals surface area contributed by atoms with Crippen molar-refractivity contribution in [3.63, 3.8) is 0 Å². The van der Waals surface area contributed by atoms with Crippen LogP contribution < -0.4 is 5.73 Å². The van der Waals surface area contributed by atoms with Gasteiger partial charge in [0, 0.05) is 6.42 Å². The Balaban J connectivity index is 3.24. The lowest BCUT2D eigenvalue weighted by Gasteiger charge is -2.01. The van der Waals surface area contributed by atoms with E-state index in [9.17, 15) is 4.79 Å². The fraction of sp³-hybridized carbons (Fsp3) is 0.833. The first-order valence-corrected chi connectivity index (χ1v) is 2.91. The third kappa shape index (κ3) is 3.65. The summed E-state index contributed by atoms with van der Waals surface area (Å²) >= 11 is 0.